The third kappa shape index (κ3) is 3.37. The van der Waals surface area contributed by atoms with E-state index in [-0.39, 0.29) is 0 Å². The van der Waals surface area contributed by atoms with E-state index >= 15 is 0 Å². The first-order chi connectivity index (χ1) is 14.6. The molecule has 1 N–H and O–H groups in total. The molecule has 5 heteroatoms. The minimum atomic E-state index is 0.575. The number of fused-ring (bicyclic) bond motifs is 3. The molecular weight excluding hydrogens is 370 g/mol. The molecule has 6 atom stereocenters. The van der Waals surface area contributed by atoms with Crippen molar-refractivity contribution in [3.8, 4) is 11.1 Å². The predicted molar refractivity (Wildman–Crippen MR) is 120 cm³/mol. The fourth-order valence-corrected chi connectivity index (χ4v) is 6.83. The Balaban J connectivity index is 1.02. The van der Waals surface area contributed by atoms with Gasteiger partial charge in [-0.05, 0) is 74.3 Å². The van der Waals surface area contributed by atoms with E-state index in [2.05, 4.69) is 52.7 Å². The topological polar surface area (TPSA) is 46.0 Å². The zero-order valence-corrected chi connectivity index (χ0v) is 18.2. The number of aromatic nitrogens is 3. The highest BCUT2D eigenvalue weighted by atomic mass is 15.2. The molecule has 158 valence electrons. The van der Waals surface area contributed by atoms with Crippen molar-refractivity contribution in [2.24, 2.45) is 36.6 Å². The van der Waals surface area contributed by atoms with Gasteiger partial charge in [-0.15, -0.1) is 0 Å². The molecule has 5 nitrogen and oxygen atoms in total. The smallest absolute Gasteiger partial charge is 0.126 e. The number of aryl methyl sites for hydroxylation is 2. The van der Waals surface area contributed by atoms with E-state index < -0.39 is 0 Å². The van der Waals surface area contributed by atoms with E-state index in [0.717, 1.165) is 52.2 Å². The molecule has 3 heterocycles. The summed E-state index contributed by atoms with van der Waals surface area (Å²) in [6.45, 7) is 6.02. The average Bonchev–Trinajstić information content (AvgIpc) is 3.51. The second-order valence-electron chi connectivity index (χ2n) is 10.3. The van der Waals surface area contributed by atoms with Crippen molar-refractivity contribution in [2.45, 2.75) is 38.6 Å². The Kier molecular flexibility index (Phi) is 4.48. The second kappa shape index (κ2) is 7.23. The number of anilines is 1. The van der Waals surface area contributed by atoms with Crippen LogP contribution in [0.3, 0.4) is 0 Å². The fourth-order valence-electron chi connectivity index (χ4n) is 6.83. The first kappa shape index (κ1) is 18.6. The van der Waals surface area contributed by atoms with Gasteiger partial charge in [-0.25, -0.2) is 4.98 Å². The monoisotopic (exact) mass is 403 g/mol. The lowest BCUT2D eigenvalue weighted by molar-refractivity contribution is 0.238. The molecule has 3 fully saturated rings. The molecule has 4 unspecified atom stereocenters. The Bertz CT molecular complexity index is 931. The van der Waals surface area contributed by atoms with E-state index in [9.17, 15) is 0 Å². The molecule has 1 aliphatic heterocycles. The molecule has 2 aromatic heterocycles. The van der Waals surface area contributed by atoms with Crippen LogP contribution in [0.1, 0.15) is 31.4 Å². The van der Waals surface area contributed by atoms with Gasteiger partial charge in [0.15, 0.2) is 0 Å². The van der Waals surface area contributed by atoms with Crippen molar-refractivity contribution in [3.63, 3.8) is 0 Å². The fraction of sp³-hybridized carbons (Fsp3) is 0.600. The van der Waals surface area contributed by atoms with Crippen LogP contribution < -0.4 is 5.32 Å². The normalized spacial score (nSPS) is 34.7. The molecule has 0 aromatic carbocycles. The molecule has 2 bridgehead atoms. The first-order valence-corrected chi connectivity index (χ1v) is 11.7. The van der Waals surface area contributed by atoms with Gasteiger partial charge < -0.3 is 10.2 Å². The molecule has 0 radical (unpaired) electrons. The van der Waals surface area contributed by atoms with E-state index in [0.29, 0.717) is 6.04 Å². The highest BCUT2D eigenvalue weighted by Crippen LogP contribution is 2.45. The molecule has 1 saturated heterocycles. The summed E-state index contributed by atoms with van der Waals surface area (Å²) in [5, 5.41) is 8.16. The van der Waals surface area contributed by atoms with Gasteiger partial charge >= 0.3 is 0 Å². The van der Waals surface area contributed by atoms with Gasteiger partial charge in [0.1, 0.15) is 5.82 Å². The van der Waals surface area contributed by atoms with Gasteiger partial charge in [-0.2, -0.15) is 5.10 Å². The third-order valence-corrected chi connectivity index (χ3v) is 8.18. The maximum Gasteiger partial charge on any atom is 0.126 e. The van der Waals surface area contributed by atoms with Crippen LogP contribution in [0.5, 0.6) is 0 Å². The van der Waals surface area contributed by atoms with E-state index in [1.807, 2.05) is 17.9 Å². The summed E-state index contributed by atoms with van der Waals surface area (Å²) in [5.74, 6) is 5.46. The van der Waals surface area contributed by atoms with Crippen LogP contribution >= 0.6 is 0 Å². The Morgan fingerprint density at radius 1 is 1.07 bits per heavy atom. The van der Waals surface area contributed by atoms with Gasteiger partial charge in [-0.1, -0.05) is 12.2 Å². The lowest BCUT2D eigenvalue weighted by Gasteiger charge is -2.26. The molecular formula is C25H33N5. The lowest BCUT2D eigenvalue weighted by Crippen LogP contribution is -2.31. The van der Waals surface area contributed by atoms with Gasteiger partial charge in [-0.3, -0.25) is 4.68 Å². The first-order valence-electron chi connectivity index (χ1n) is 11.7. The molecule has 3 aliphatic carbocycles. The minimum Gasteiger partial charge on any atom is -0.367 e. The maximum atomic E-state index is 4.70. The van der Waals surface area contributed by atoms with Crippen LogP contribution in [0.2, 0.25) is 0 Å². The molecule has 0 amide bonds. The maximum absolute atomic E-state index is 4.70. The average molecular weight is 404 g/mol. The van der Waals surface area contributed by atoms with E-state index in [1.165, 1.54) is 45.3 Å². The van der Waals surface area contributed by atoms with Crippen molar-refractivity contribution < 1.29 is 0 Å². The van der Waals surface area contributed by atoms with E-state index in [1.54, 1.807) is 0 Å². The summed E-state index contributed by atoms with van der Waals surface area (Å²) in [6, 6.07) is 4.87. The van der Waals surface area contributed by atoms with Gasteiger partial charge in [0.2, 0.25) is 0 Å². The molecule has 2 aromatic rings. The summed E-state index contributed by atoms with van der Waals surface area (Å²) in [6.07, 6.45) is 14.5. The Labute approximate surface area is 179 Å². The highest BCUT2D eigenvalue weighted by Gasteiger charge is 2.43. The summed E-state index contributed by atoms with van der Waals surface area (Å²) < 4.78 is 1.87. The van der Waals surface area contributed by atoms with Crippen molar-refractivity contribution in [1.82, 2.24) is 19.7 Å². The lowest BCUT2D eigenvalue weighted by atomic mass is 9.93. The summed E-state index contributed by atoms with van der Waals surface area (Å²) in [5.41, 5.74) is 3.35. The molecule has 6 rings (SSSR count). The second-order valence-corrected chi connectivity index (χ2v) is 10.3. The van der Waals surface area contributed by atoms with Crippen LogP contribution in [0.25, 0.3) is 11.1 Å². The number of nitrogens with one attached hydrogen (secondary N) is 1. The Morgan fingerprint density at radius 2 is 1.90 bits per heavy atom. The minimum absolute atomic E-state index is 0.575. The predicted octanol–water partition coefficient (Wildman–Crippen LogP) is 4.13. The Morgan fingerprint density at radius 3 is 2.50 bits per heavy atom. The van der Waals surface area contributed by atoms with Gasteiger partial charge in [0, 0.05) is 56.2 Å². The molecule has 2 saturated carbocycles. The van der Waals surface area contributed by atoms with E-state index in [4.69, 9.17) is 4.98 Å². The summed E-state index contributed by atoms with van der Waals surface area (Å²) >= 11 is 0. The van der Waals surface area contributed by atoms with Crippen molar-refractivity contribution in [2.75, 3.05) is 25.0 Å². The summed E-state index contributed by atoms with van der Waals surface area (Å²) in [4.78, 5) is 7.49. The number of likely N-dealkylation sites (tertiary alicyclic amines) is 1. The van der Waals surface area contributed by atoms with Crippen molar-refractivity contribution in [1.29, 1.82) is 0 Å². The number of hydrogen-bond donors (Lipinski definition) is 1. The number of nitrogens with zero attached hydrogens (tertiary/aromatic N) is 4. The largest absolute Gasteiger partial charge is 0.367 e. The third-order valence-electron chi connectivity index (χ3n) is 8.18. The van der Waals surface area contributed by atoms with Crippen LogP contribution in [0, 0.1) is 36.5 Å². The SMILES string of the molecule is Cc1nn(C)cc1-c1ccc(NC2C[C@@H]3CN(CC4CC5C=CC4C5)C[C@@H]3C2)nc1. The zero-order chi connectivity index (χ0) is 20.2. The highest BCUT2D eigenvalue weighted by molar-refractivity contribution is 5.65. The zero-order valence-electron chi connectivity index (χ0n) is 18.2. The van der Waals surface area contributed by atoms with Gasteiger partial charge in [0.05, 0.1) is 5.69 Å². The van der Waals surface area contributed by atoms with Crippen molar-refractivity contribution in [3.05, 3.63) is 42.4 Å². The molecule has 0 spiro atoms. The Hall–Kier alpha value is -2.14. The quantitative estimate of drug-likeness (QED) is 0.763. The van der Waals surface area contributed by atoms with Crippen LogP contribution in [-0.4, -0.2) is 45.3 Å². The number of pyridine rings is 1. The van der Waals surface area contributed by atoms with Crippen molar-refractivity contribution >= 4 is 5.82 Å². The van der Waals surface area contributed by atoms with Crippen LogP contribution in [0.4, 0.5) is 5.82 Å². The molecule has 30 heavy (non-hydrogen) atoms. The summed E-state index contributed by atoms with van der Waals surface area (Å²) in [7, 11) is 1.97. The van der Waals surface area contributed by atoms with Crippen LogP contribution in [0.15, 0.2) is 36.7 Å². The van der Waals surface area contributed by atoms with Gasteiger partial charge in [0.25, 0.3) is 0 Å². The molecule has 4 aliphatic rings. The standard InChI is InChI=1S/C25H33N5/c1-16-24(15-29(2)28-16)19-5-6-25(26-11-19)27-23-9-21-13-30(14-22(21)10-23)12-20-8-17-3-4-18(20)7-17/h3-6,11,15,17-18,20-23H,7-10,12-14H2,1-2H3,(H,26,27)/t17?,18?,20?,21-,22+,23?. The number of rotatable bonds is 5. The number of hydrogen-bond acceptors (Lipinski definition) is 4. The number of allylic oxidation sites excluding steroid dienone is 2. The van der Waals surface area contributed by atoms with Crippen LogP contribution in [-0.2, 0) is 7.05 Å².